The average molecular weight is 391 g/mol. The highest BCUT2D eigenvalue weighted by Gasteiger charge is 2.12. The van der Waals surface area contributed by atoms with Gasteiger partial charge in [0.25, 0.3) is 5.56 Å². The zero-order chi connectivity index (χ0) is 17.6. The van der Waals surface area contributed by atoms with Crippen LogP contribution in [0.5, 0.6) is 0 Å². The van der Waals surface area contributed by atoms with E-state index in [0.29, 0.717) is 26.0 Å². The minimum Gasteiger partial charge on any atom is -0.294 e. The lowest BCUT2D eigenvalue weighted by atomic mass is 10.1. The first-order valence-corrected chi connectivity index (χ1v) is 8.54. The highest BCUT2D eigenvalue weighted by molar-refractivity contribution is 6.38. The van der Waals surface area contributed by atoms with E-state index in [1.54, 1.807) is 24.4 Å². The van der Waals surface area contributed by atoms with E-state index in [2.05, 4.69) is 9.97 Å². The smallest absolute Gasteiger partial charge is 0.261 e. The van der Waals surface area contributed by atoms with E-state index in [1.807, 2.05) is 18.2 Å². The van der Waals surface area contributed by atoms with Crippen LogP contribution in [-0.2, 0) is 6.54 Å². The second kappa shape index (κ2) is 6.30. The first-order valence-electron chi connectivity index (χ1n) is 7.41. The van der Waals surface area contributed by atoms with Gasteiger partial charge in [-0.15, -0.1) is 0 Å². The fourth-order valence-corrected chi connectivity index (χ4v) is 3.56. The Morgan fingerprint density at radius 2 is 1.80 bits per heavy atom. The summed E-state index contributed by atoms with van der Waals surface area (Å²) in [5.41, 5.74) is 1.70. The number of aromatic nitrogens is 3. The topological polar surface area (TPSA) is 47.8 Å². The minimum absolute atomic E-state index is 0.238. The SMILES string of the molecule is O=c1c2cc(Cl)cc(Cl)c2ncn1Cc1c(Cl)ccc2cccnc12. The monoisotopic (exact) mass is 389 g/mol. The lowest BCUT2D eigenvalue weighted by Crippen LogP contribution is -2.21. The molecule has 2 aromatic heterocycles. The average Bonchev–Trinajstić information content (AvgIpc) is 2.60. The number of hydrogen-bond acceptors (Lipinski definition) is 3. The molecule has 2 aromatic carbocycles. The van der Waals surface area contributed by atoms with Crippen LogP contribution >= 0.6 is 34.8 Å². The molecule has 0 bridgehead atoms. The number of fused-ring (bicyclic) bond motifs is 2. The molecule has 4 rings (SSSR count). The van der Waals surface area contributed by atoms with Gasteiger partial charge in [0.1, 0.15) is 0 Å². The third-order valence-corrected chi connectivity index (χ3v) is 4.86. The van der Waals surface area contributed by atoms with Gasteiger partial charge in [-0.1, -0.05) is 46.9 Å². The normalized spacial score (nSPS) is 11.3. The Morgan fingerprint density at radius 3 is 2.64 bits per heavy atom. The number of hydrogen-bond donors (Lipinski definition) is 0. The second-order valence-corrected chi connectivity index (χ2v) is 6.81. The second-order valence-electron chi connectivity index (χ2n) is 5.56. The van der Waals surface area contributed by atoms with Crippen LogP contribution in [-0.4, -0.2) is 14.5 Å². The van der Waals surface area contributed by atoms with Crippen LogP contribution in [0.1, 0.15) is 5.56 Å². The van der Waals surface area contributed by atoms with Crippen molar-refractivity contribution in [3.05, 3.63) is 79.9 Å². The molecule has 0 amide bonds. The van der Waals surface area contributed by atoms with Crippen molar-refractivity contribution in [2.45, 2.75) is 6.54 Å². The Kier molecular flexibility index (Phi) is 4.12. The van der Waals surface area contributed by atoms with Gasteiger partial charge in [-0.2, -0.15) is 0 Å². The number of halogens is 3. The van der Waals surface area contributed by atoms with Gasteiger partial charge >= 0.3 is 0 Å². The predicted molar refractivity (Wildman–Crippen MR) is 102 cm³/mol. The zero-order valence-electron chi connectivity index (χ0n) is 12.7. The number of nitrogens with zero attached hydrogens (tertiary/aromatic N) is 3. The van der Waals surface area contributed by atoms with Gasteiger partial charge < -0.3 is 0 Å². The summed E-state index contributed by atoms with van der Waals surface area (Å²) in [6.45, 7) is 0.249. The van der Waals surface area contributed by atoms with Crippen LogP contribution in [0.4, 0.5) is 0 Å². The van der Waals surface area contributed by atoms with E-state index >= 15 is 0 Å². The summed E-state index contributed by atoms with van der Waals surface area (Å²) in [6.07, 6.45) is 3.16. The van der Waals surface area contributed by atoms with Gasteiger partial charge in [0.05, 0.1) is 34.3 Å². The fourth-order valence-electron chi connectivity index (χ4n) is 2.81. The first-order chi connectivity index (χ1) is 12.0. The van der Waals surface area contributed by atoms with E-state index in [4.69, 9.17) is 34.8 Å². The summed E-state index contributed by atoms with van der Waals surface area (Å²) in [4.78, 5) is 21.5. The lowest BCUT2D eigenvalue weighted by molar-refractivity contribution is 0.751. The molecule has 0 saturated carbocycles. The van der Waals surface area contributed by atoms with E-state index in [9.17, 15) is 4.79 Å². The molecule has 25 heavy (non-hydrogen) atoms. The van der Waals surface area contributed by atoms with Gasteiger partial charge in [-0.3, -0.25) is 14.3 Å². The van der Waals surface area contributed by atoms with Crippen molar-refractivity contribution >= 4 is 56.6 Å². The summed E-state index contributed by atoms with van der Waals surface area (Å²) in [7, 11) is 0. The molecule has 0 spiro atoms. The molecule has 0 saturated heterocycles. The van der Waals surface area contributed by atoms with Crippen LogP contribution in [0.15, 0.2) is 53.7 Å². The molecule has 0 aliphatic heterocycles. The minimum atomic E-state index is -0.238. The van der Waals surface area contributed by atoms with E-state index in [-0.39, 0.29) is 12.1 Å². The molecule has 0 fully saturated rings. The van der Waals surface area contributed by atoms with Crippen LogP contribution in [0.2, 0.25) is 15.1 Å². The third kappa shape index (κ3) is 2.86. The van der Waals surface area contributed by atoms with Crippen molar-refractivity contribution in [3.63, 3.8) is 0 Å². The van der Waals surface area contributed by atoms with Gasteiger partial charge in [-0.05, 0) is 24.3 Å². The highest BCUT2D eigenvalue weighted by Crippen LogP contribution is 2.26. The molecule has 0 unspecified atom stereocenters. The molecule has 0 aliphatic carbocycles. The predicted octanol–water partition coefficient (Wildman–Crippen LogP) is 4.95. The number of pyridine rings is 1. The van der Waals surface area contributed by atoms with Crippen molar-refractivity contribution < 1.29 is 0 Å². The molecule has 0 N–H and O–H groups in total. The molecule has 124 valence electrons. The summed E-state index contributed by atoms with van der Waals surface area (Å²) in [6, 6.07) is 10.6. The number of benzene rings is 2. The zero-order valence-corrected chi connectivity index (χ0v) is 15.0. The summed E-state index contributed by atoms with van der Waals surface area (Å²) >= 11 is 18.5. The van der Waals surface area contributed by atoms with Crippen LogP contribution in [0.25, 0.3) is 21.8 Å². The Hall–Kier alpha value is -2.14. The standard InChI is InChI=1S/C18H10Cl3N3O/c19-11-6-12-17(15(21)7-11)23-9-24(18(12)25)8-13-14(20)4-3-10-2-1-5-22-16(10)13/h1-7,9H,8H2. The molecule has 2 heterocycles. The fraction of sp³-hybridized carbons (Fsp3) is 0.0556. The Labute approximate surface area is 157 Å². The maximum Gasteiger partial charge on any atom is 0.261 e. The lowest BCUT2D eigenvalue weighted by Gasteiger charge is -2.11. The van der Waals surface area contributed by atoms with Gasteiger partial charge in [0.15, 0.2) is 0 Å². The third-order valence-electron chi connectivity index (χ3n) is 4.00. The Morgan fingerprint density at radius 1 is 0.960 bits per heavy atom. The Balaban J connectivity index is 1.92. The molecule has 0 radical (unpaired) electrons. The number of rotatable bonds is 2. The van der Waals surface area contributed by atoms with Gasteiger partial charge in [0, 0.05) is 27.2 Å². The van der Waals surface area contributed by atoms with E-state index < -0.39 is 0 Å². The molecule has 0 aliphatic rings. The van der Waals surface area contributed by atoms with E-state index in [1.165, 1.54) is 10.9 Å². The van der Waals surface area contributed by atoms with Crippen molar-refractivity contribution in [1.29, 1.82) is 0 Å². The largest absolute Gasteiger partial charge is 0.294 e. The van der Waals surface area contributed by atoms with Crippen molar-refractivity contribution in [2.24, 2.45) is 0 Å². The molecular formula is C18H10Cl3N3O. The first kappa shape index (κ1) is 16.3. The summed E-state index contributed by atoms with van der Waals surface area (Å²) < 4.78 is 1.48. The van der Waals surface area contributed by atoms with Crippen LogP contribution in [0.3, 0.4) is 0 Å². The molecule has 4 aromatic rings. The van der Waals surface area contributed by atoms with Crippen molar-refractivity contribution in [3.8, 4) is 0 Å². The maximum atomic E-state index is 12.8. The van der Waals surface area contributed by atoms with Crippen LogP contribution in [0, 0.1) is 0 Å². The molecule has 4 nitrogen and oxygen atoms in total. The molecule has 7 heteroatoms. The van der Waals surface area contributed by atoms with E-state index in [0.717, 1.165) is 16.5 Å². The summed E-state index contributed by atoms with van der Waals surface area (Å²) in [5, 5.41) is 2.59. The highest BCUT2D eigenvalue weighted by atomic mass is 35.5. The van der Waals surface area contributed by atoms with Gasteiger partial charge in [0.2, 0.25) is 0 Å². The quantitative estimate of drug-likeness (QED) is 0.486. The Bertz CT molecular complexity index is 1190. The van der Waals surface area contributed by atoms with Crippen molar-refractivity contribution in [1.82, 2.24) is 14.5 Å². The molecule has 0 atom stereocenters. The van der Waals surface area contributed by atoms with Crippen molar-refractivity contribution in [2.75, 3.05) is 0 Å². The maximum absolute atomic E-state index is 12.8. The van der Waals surface area contributed by atoms with Crippen LogP contribution < -0.4 is 5.56 Å². The molecular weight excluding hydrogens is 381 g/mol. The summed E-state index contributed by atoms with van der Waals surface area (Å²) in [5.74, 6) is 0. The van der Waals surface area contributed by atoms with Gasteiger partial charge in [-0.25, -0.2) is 4.98 Å².